The van der Waals surface area contributed by atoms with Gasteiger partial charge in [0.05, 0.1) is 11.7 Å². The zero-order valence-electron chi connectivity index (χ0n) is 9.96. The normalized spacial score (nSPS) is 15.6. The summed E-state index contributed by atoms with van der Waals surface area (Å²) in [4.78, 5) is 0. The van der Waals surface area contributed by atoms with Gasteiger partial charge in [0.25, 0.3) is 0 Å². The third kappa shape index (κ3) is 3.73. The van der Waals surface area contributed by atoms with Crippen LogP contribution in [0.1, 0.15) is 43.7 Å². The minimum atomic E-state index is -4.33. The summed E-state index contributed by atoms with van der Waals surface area (Å²) in [5.74, 6) is -0.280. The van der Waals surface area contributed by atoms with E-state index in [1.54, 1.807) is 13.0 Å². The Kier molecular flexibility index (Phi) is 4.57. The molecule has 0 aliphatic rings. The zero-order valence-corrected chi connectivity index (χ0v) is 9.96. The van der Waals surface area contributed by atoms with E-state index in [2.05, 4.69) is 0 Å². The fraction of sp³-hybridized carbons (Fsp3) is 0.538. The molecule has 0 bridgehead atoms. The van der Waals surface area contributed by atoms with E-state index in [1.165, 1.54) is 6.07 Å². The molecule has 1 nitrogen and oxygen atoms in total. The van der Waals surface area contributed by atoms with E-state index < -0.39 is 17.8 Å². The van der Waals surface area contributed by atoms with Crippen LogP contribution in [0.3, 0.4) is 0 Å². The molecule has 0 spiro atoms. The van der Waals surface area contributed by atoms with Crippen molar-refractivity contribution in [3.05, 3.63) is 35.4 Å². The molecule has 17 heavy (non-hydrogen) atoms. The number of rotatable bonds is 4. The van der Waals surface area contributed by atoms with Gasteiger partial charge in [-0.05, 0) is 18.1 Å². The summed E-state index contributed by atoms with van der Waals surface area (Å²) in [5.41, 5.74) is -0.133. The lowest BCUT2D eigenvalue weighted by Crippen LogP contribution is -2.16. The van der Waals surface area contributed by atoms with Crippen LogP contribution in [0.25, 0.3) is 0 Å². The minimum Gasteiger partial charge on any atom is -0.393 e. The predicted octanol–water partition coefficient (Wildman–Crippen LogP) is 3.97. The summed E-state index contributed by atoms with van der Waals surface area (Å²) in [5, 5.41) is 9.78. The first-order valence-electron chi connectivity index (χ1n) is 5.71. The van der Waals surface area contributed by atoms with Gasteiger partial charge in [-0.15, -0.1) is 0 Å². The van der Waals surface area contributed by atoms with E-state index in [1.807, 2.05) is 6.92 Å². The van der Waals surface area contributed by atoms with E-state index in [4.69, 9.17) is 0 Å². The number of halogens is 3. The zero-order chi connectivity index (χ0) is 13.1. The molecule has 0 heterocycles. The van der Waals surface area contributed by atoms with Crippen LogP contribution in [0.4, 0.5) is 13.2 Å². The Bertz CT molecular complexity index is 360. The Morgan fingerprint density at radius 2 is 1.94 bits per heavy atom. The molecule has 2 atom stereocenters. The number of benzene rings is 1. The van der Waals surface area contributed by atoms with E-state index in [9.17, 15) is 18.3 Å². The lowest BCUT2D eigenvalue weighted by Gasteiger charge is -2.19. The predicted molar refractivity (Wildman–Crippen MR) is 60.8 cm³/mol. The molecule has 0 saturated carbocycles. The second kappa shape index (κ2) is 5.54. The highest BCUT2D eigenvalue weighted by molar-refractivity contribution is 5.28. The van der Waals surface area contributed by atoms with Gasteiger partial charge in [0, 0.05) is 5.92 Å². The van der Waals surface area contributed by atoms with Gasteiger partial charge in [-0.1, -0.05) is 38.5 Å². The highest BCUT2D eigenvalue weighted by Crippen LogP contribution is 2.32. The molecule has 2 unspecified atom stereocenters. The van der Waals surface area contributed by atoms with E-state index in [0.29, 0.717) is 12.0 Å². The number of aliphatic hydroxyl groups excluding tert-OH is 1. The fourth-order valence-electron chi connectivity index (χ4n) is 1.77. The lowest BCUT2D eigenvalue weighted by molar-refractivity contribution is -0.137. The molecule has 1 aromatic rings. The van der Waals surface area contributed by atoms with Crippen LogP contribution in [-0.4, -0.2) is 11.2 Å². The van der Waals surface area contributed by atoms with Crippen molar-refractivity contribution in [1.29, 1.82) is 0 Å². The molecule has 0 amide bonds. The topological polar surface area (TPSA) is 20.2 Å². The molecule has 0 aliphatic heterocycles. The van der Waals surface area contributed by atoms with Crippen molar-refractivity contribution in [2.24, 2.45) is 0 Å². The summed E-state index contributed by atoms with van der Waals surface area (Å²) in [6.07, 6.45) is -3.52. The SMILES string of the molecule is CCCC(O)C(C)c1cccc(C(F)(F)F)c1. The summed E-state index contributed by atoms with van der Waals surface area (Å²) in [6.45, 7) is 3.68. The van der Waals surface area contributed by atoms with Crippen LogP contribution in [0.2, 0.25) is 0 Å². The Labute approximate surface area is 99.3 Å². The summed E-state index contributed by atoms with van der Waals surface area (Å²) in [6, 6.07) is 5.16. The average molecular weight is 246 g/mol. The summed E-state index contributed by atoms with van der Waals surface area (Å²) < 4.78 is 37.6. The monoisotopic (exact) mass is 246 g/mol. The van der Waals surface area contributed by atoms with Crippen LogP contribution >= 0.6 is 0 Å². The molecule has 1 aromatic carbocycles. The van der Waals surface area contributed by atoms with Crippen molar-refractivity contribution in [3.8, 4) is 0 Å². The Morgan fingerprint density at radius 1 is 1.29 bits per heavy atom. The lowest BCUT2D eigenvalue weighted by atomic mass is 9.91. The minimum absolute atomic E-state index is 0.280. The van der Waals surface area contributed by atoms with Gasteiger partial charge in [0.1, 0.15) is 0 Å². The molecule has 0 radical (unpaired) electrons. The maximum atomic E-state index is 12.5. The third-order valence-corrected chi connectivity index (χ3v) is 2.90. The summed E-state index contributed by atoms with van der Waals surface area (Å²) >= 11 is 0. The van der Waals surface area contributed by atoms with Gasteiger partial charge in [-0.25, -0.2) is 0 Å². The number of alkyl halides is 3. The van der Waals surface area contributed by atoms with Crippen molar-refractivity contribution in [1.82, 2.24) is 0 Å². The van der Waals surface area contributed by atoms with Crippen LogP contribution in [-0.2, 0) is 6.18 Å². The quantitative estimate of drug-likeness (QED) is 0.852. The first kappa shape index (κ1) is 14.0. The standard InChI is InChI=1S/C13H17F3O/c1-3-5-12(17)9(2)10-6-4-7-11(8-10)13(14,15)16/h4,6-9,12,17H,3,5H2,1-2H3. The van der Waals surface area contributed by atoms with Gasteiger partial charge in [-0.3, -0.25) is 0 Å². The van der Waals surface area contributed by atoms with Gasteiger partial charge in [0.15, 0.2) is 0 Å². The number of hydrogen-bond donors (Lipinski definition) is 1. The second-order valence-electron chi connectivity index (χ2n) is 4.27. The van der Waals surface area contributed by atoms with E-state index in [-0.39, 0.29) is 5.92 Å². The van der Waals surface area contributed by atoms with Gasteiger partial charge in [0.2, 0.25) is 0 Å². The van der Waals surface area contributed by atoms with Crippen molar-refractivity contribution >= 4 is 0 Å². The molecular formula is C13H17F3O. The van der Waals surface area contributed by atoms with Crippen molar-refractivity contribution in [2.45, 2.75) is 44.9 Å². The Morgan fingerprint density at radius 3 is 2.47 bits per heavy atom. The molecule has 0 fully saturated rings. The highest BCUT2D eigenvalue weighted by atomic mass is 19.4. The van der Waals surface area contributed by atoms with Gasteiger partial charge >= 0.3 is 6.18 Å². The molecule has 1 N–H and O–H groups in total. The van der Waals surface area contributed by atoms with Crippen LogP contribution in [0.5, 0.6) is 0 Å². The first-order valence-corrected chi connectivity index (χ1v) is 5.71. The van der Waals surface area contributed by atoms with Crippen LogP contribution in [0, 0.1) is 0 Å². The molecule has 0 saturated heterocycles. The second-order valence-corrected chi connectivity index (χ2v) is 4.27. The Hall–Kier alpha value is -1.03. The van der Waals surface area contributed by atoms with Gasteiger partial charge < -0.3 is 5.11 Å². The molecule has 0 aliphatic carbocycles. The Balaban J connectivity index is 2.92. The average Bonchev–Trinajstić information content (AvgIpc) is 2.27. The molecule has 4 heteroatoms. The number of hydrogen-bond acceptors (Lipinski definition) is 1. The van der Waals surface area contributed by atoms with Crippen molar-refractivity contribution < 1.29 is 18.3 Å². The largest absolute Gasteiger partial charge is 0.416 e. The van der Waals surface area contributed by atoms with Crippen LogP contribution < -0.4 is 0 Å². The smallest absolute Gasteiger partial charge is 0.393 e. The molecule has 1 rings (SSSR count). The van der Waals surface area contributed by atoms with E-state index >= 15 is 0 Å². The van der Waals surface area contributed by atoms with Crippen molar-refractivity contribution in [3.63, 3.8) is 0 Å². The maximum Gasteiger partial charge on any atom is 0.416 e. The maximum absolute atomic E-state index is 12.5. The summed E-state index contributed by atoms with van der Waals surface area (Å²) in [7, 11) is 0. The van der Waals surface area contributed by atoms with E-state index in [0.717, 1.165) is 18.6 Å². The molecule has 0 aromatic heterocycles. The van der Waals surface area contributed by atoms with Crippen molar-refractivity contribution in [2.75, 3.05) is 0 Å². The molecular weight excluding hydrogens is 229 g/mol. The number of aliphatic hydroxyl groups is 1. The fourth-order valence-corrected chi connectivity index (χ4v) is 1.77. The van der Waals surface area contributed by atoms with Crippen LogP contribution in [0.15, 0.2) is 24.3 Å². The first-order chi connectivity index (χ1) is 7.86. The third-order valence-electron chi connectivity index (χ3n) is 2.90. The van der Waals surface area contributed by atoms with Gasteiger partial charge in [-0.2, -0.15) is 13.2 Å². The highest BCUT2D eigenvalue weighted by Gasteiger charge is 2.31. The molecule has 96 valence electrons.